The molecule has 0 saturated carbocycles. The molecule has 1 atom stereocenters. The molecule has 1 unspecified atom stereocenters. The fourth-order valence-corrected chi connectivity index (χ4v) is 4.60. The first-order valence-corrected chi connectivity index (χ1v) is 11.1. The van der Waals surface area contributed by atoms with Crippen molar-refractivity contribution in [2.45, 2.75) is 44.6 Å². The van der Waals surface area contributed by atoms with Crippen molar-refractivity contribution in [3.8, 4) is 5.69 Å². The maximum atomic E-state index is 13.1. The number of rotatable bonds is 3. The zero-order valence-electron chi connectivity index (χ0n) is 17.6. The van der Waals surface area contributed by atoms with Gasteiger partial charge in [-0.2, -0.15) is 23.0 Å². The van der Waals surface area contributed by atoms with Crippen molar-refractivity contribution in [2.75, 3.05) is 18.1 Å². The Morgan fingerprint density at radius 2 is 2.06 bits per heavy atom. The highest BCUT2D eigenvalue weighted by molar-refractivity contribution is 6.33. The average molecular weight is 480 g/mol. The Balaban J connectivity index is 1.40. The van der Waals surface area contributed by atoms with Crippen molar-refractivity contribution in [2.24, 2.45) is 0 Å². The normalized spacial score (nSPS) is 18.9. The first-order chi connectivity index (χ1) is 15.8. The summed E-state index contributed by atoms with van der Waals surface area (Å²) >= 11 is 6.44. The van der Waals surface area contributed by atoms with Crippen molar-refractivity contribution in [3.05, 3.63) is 69.1 Å². The zero-order valence-corrected chi connectivity index (χ0v) is 18.3. The van der Waals surface area contributed by atoms with E-state index in [2.05, 4.69) is 10.1 Å². The monoisotopic (exact) mass is 479 g/mol. The summed E-state index contributed by atoms with van der Waals surface area (Å²) in [6.07, 6.45) is 1.42. The summed E-state index contributed by atoms with van der Waals surface area (Å²) < 4.78 is 48.0. The number of alkyl halides is 3. The van der Waals surface area contributed by atoms with Crippen LogP contribution in [0.4, 0.5) is 18.9 Å². The molecule has 0 spiro atoms. The second-order valence-corrected chi connectivity index (χ2v) is 8.52. The summed E-state index contributed by atoms with van der Waals surface area (Å²) in [5.41, 5.74) is 1.35. The lowest BCUT2D eigenvalue weighted by molar-refractivity contribution is -0.137. The minimum atomic E-state index is -4.42. The molecule has 0 aliphatic carbocycles. The third-order valence-electron chi connectivity index (χ3n) is 6.06. The number of nitrogens with zero attached hydrogens (tertiary/aromatic N) is 5. The molecule has 1 saturated heterocycles. The van der Waals surface area contributed by atoms with Crippen LogP contribution < -0.4 is 10.5 Å². The van der Waals surface area contributed by atoms with E-state index in [-0.39, 0.29) is 5.02 Å². The van der Waals surface area contributed by atoms with Gasteiger partial charge in [0.2, 0.25) is 0 Å². The quantitative estimate of drug-likeness (QED) is 0.558. The van der Waals surface area contributed by atoms with Crippen molar-refractivity contribution in [3.63, 3.8) is 0 Å². The molecule has 1 fully saturated rings. The Morgan fingerprint density at radius 3 is 2.82 bits per heavy atom. The van der Waals surface area contributed by atoms with Crippen LogP contribution in [0.5, 0.6) is 0 Å². The molecule has 5 rings (SSSR count). The van der Waals surface area contributed by atoms with Gasteiger partial charge < -0.3 is 14.2 Å². The summed E-state index contributed by atoms with van der Waals surface area (Å²) in [6, 6.07) is 5.17. The van der Waals surface area contributed by atoms with Crippen molar-refractivity contribution in [1.82, 2.24) is 19.3 Å². The van der Waals surface area contributed by atoms with E-state index in [9.17, 15) is 18.0 Å². The predicted octanol–water partition coefficient (Wildman–Crippen LogP) is 4.36. The molecule has 11 heteroatoms. The SMILES string of the molecule is O=c1c(Cl)c(N2CCc3c(ncn3-c3cccc(C(F)(F)F)c3)C2)cnn1C1CCCCO1. The first-order valence-electron chi connectivity index (χ1n) is 10.7. The Morgan fingerprint density at radius 1 is 1.21 bits per heavy atom. The Kier molecular flexibility index (Phi) is 5.65. The van der Waals surface area contributed by atoms with Gasteiger partial charge in [0.25, 0.3) is 5.56 Å². The smallest absolute Gasteiger partial charge is 0.362 e. The van der Waals surface area contributed by atoms with Gasteiger partial charge in [-0.1, -0.05) is 17.7 Å². The van der Waals surface area contributed by atoms with Crippen molar-refractivity contribution >= 4 is 17.3 Å². The Hall–Kier alpha value is -2.85. The maximum absolute atomic E-state index is 13.1. The van der Waals surface area contributed by atoms with Crippen LogP contribution in [0.1, 0.15) is 42.4 Å². The van der Waals surface area contributed by atoms with Gasteiger partial charge in [0.15, 0.2) is 6.23 Å². The van der Waals surface area contributed by atoms with Gasteiger partial charge in [0.05, 0.1) is 36.0 Å². The molecule has 33 heavy (non-hydrogen) atoms. The second-order valence-electron chi connectivity index (χ2n) is 8.14. The molecule has 0 amide bonds. The van der Waals surface area contributed by atoms with E-state index in [4.69, 9.17) is 16.3 Å². The summed E-state index contributed by atoms with van der Waals surface area (Å²) in [5, 5.41) is 4.37. The van der Waals surface area contributed by atoms with Crippen molar-refractivity contribution < 1.29 is 17.9 Å². The molecule has 1 aromatic carbocycles. The Labute approximate surface area is 192 Å². The zero-order chi connectivity index (χ0) is 23.2. The molecule has 2 aromatic heterocycles. The molecule has 2 aliphatic heterocycles. The van der Waals surface area contributed by atoms with Crippen LogP contribution in [-0.2, 0) is 23.9 Å². The largest absolute Gasteiger partial charge is 0.416 e. The van der Waals surface area contributed by atoms with Gasteiger partial charge in [0.1, 0.15) is 5.02 Å². The van der Waals surface area contributed by atoms with E-state index < -0.39 is 23.5 Å². The van der Waals surface area contributed by atoms with Crippen LogP contribution in [0.2, 0.25) is 5.02 Å². The van der Waals surface area contributed by atoms with Crippen LogP contribution in [0.3, 0.4) is 0 Å². The summed E-state index contributed by atoms with van der Waals surface area (Å²) in [7, 11) is 0. The highest BCUT2D eigenvalue weighted by atomic mass is 35.5. The number of hydrogen-bond donors (Lipinski definition) is 0. The average Bonchev–Trinajstić information content (AvgIpc) is 3.24. The summed E-state index contributed by atoms with van der Waals surface area (Å²) in [5.74, 6) is 0. The molecule has 2 aliphatic rings. The number of ether oxygens (including phenoxy) is 1. The van der Waals surface area contributed by atoms with Gasteiger partial charge in [-0.25, -0.2) is 4.98 Å². The number of benzene rings is 1. The van der Waals surface area contributed by atoms with E-state index in [1.807, 2.05) is 4.90 Å². The molecular weight excluding hydrogens is 459 g/mol. The van der Waals surface area contributed by atoms with E-state index >= 15 is 0 Å². The minimum Gasteiger partial charge on any atom is -0.362 e. The lowest BCUT2D eigenvalue weighted by atomic mass is 10.1. The third-order valence-corrected chi connectivity index (χ3v) is 6.41. The van der Waals surface area contributed by atoms with Crippen LogP contribution in [0.15, 0.2) is 41.6 Å². The second kappa shape index (κ2) is 8.49. The Bertz CT molecular complexity index is 1230. The van der Waals surface area contributed by atoms with Gasteiger partial charge in [0, 0.05) is 31.0 Å². The number of anilines is 1. The molecular formula is C22H21ClF3N5O2. The topological polar surface area (TPSA) is 65.2 Å². The van der Waals surface area contributed by atoms with Crippen molar-refractivity contribution in [1.29, 1.82) is 0 Å². The van der Waals surface area contributed by atoms with E-state index in [1.54, 1.807) is 16.8 Å². The van der Waals surface area contributed by atoms with Gasteiger partial charge >= 0.3 is 6.18 Å². The van der Waals surface area contributed by atoms with E-state index in [1.165, 1.54) is 17.1 Å². The number of aromatic nitrogens is 4. The minimum absolute atomic E-state index is 0.0694. The predicted molar refractivity (Wildman–Crippen MR) is 116 cm³/mol. The fourth-order valence-electron chi connectivity index (χ4n) is 4.35. The fraction of sp³-hybridized carbons (Fsp3) is 0.409. The maximum Gasteiger partial charge on any atom is 0.416 e. The van der Waals surface area contributed by atoms with Crippen LogP contribution in [0.25, 0.3) is 5.69 Å². The molecule has 0 N–H and O–H groups in total. The number of imidazole rings is 1. The van der Waals surface area contributed by atoms with E-state index in [0.717, 1.165) is 36.4 Å². The summed E-state index contributed by atoms with van der Waals surface area (Å²) in [6.45, 7) is 1.47. The number of fused-ring (bicyclic) bond motifs is 1. The summed E-state index contributed by atoms with van der Waals surface area (Å²) in [4.78, 5) is 19.2. The third kappa shape index (κ3) is 4.13. The van der Waals surface area contributed by atoms with E-state index in [0.29, 0.717) is 43.9 Å². The first kappa shape index (κ1) is 22.0. The van der Waals surface area contributed by atoms with Gasteiger partial charge in [-0.15, -0.1) is 0 Å². The highest BCUT2D eigenvalue weighted by Gasteiger charge is 2.31. The molecule has 3 aromatic rings. The van der Waals surface area contributed by atoms with Gasteiger partial charge in [-0.05, 0) is 37.5 Å². The number of hydrogen-bond acceptors (Lipinski definition) is 5. The lowest BCUT2D eigenvalue weighted by Gasteiger charge is -2.30. The molecule has 174 valence electrons. The number of halogens is 4. The molecule has 0 radical (unpaired) electrons. The van der Waals surface area contributed by atoms with Crippen LogP contribution in [0, 0.1) is 0 Å². The van der Waals surface area contributed by atoms with Gasteiger partial charge in [-0.3, -0.25) is 4.79 Å². The van der Waals surface area contributed by atoms with Crippen LogP contribution >= 0.6 is 11.6 Å². The lowest BCUT2D eigenvalue weighted by Crippen LogP contribution is -2.36. The standard InChI is InChI=1S/C22H21ClF3N5O2/c23-20-18(11-28-31(21(20)32)19-6-1-2-9-33-19)29-8-7-17-16(12-29)27-13-30(17)15-5-3-4-14(10-15)22(24,25)26/h3-5,10-11,13,19H,1-2,6-9,12H2. The highest BCUT2D eigenvalue weighted by Crippen LogP contribution is 2.32. The van der Waals surface area contributed by atoms with Crippen LogP contribution in [-0.4, -0.2) is 32.5 Å². The molecule has 4 heterocycles. The molecule has 7 nitrogen and oxygen atoms in total. The molecule has 0 bridgehead atoms.